The van der Waals surface area contributed by atoms with Crippen molar-refractivity contribution in [2.24, 2.45) is 0 Å². The van der Waals surface area contributed by atoms with Crippen molar-refractivity contribution >= 4 is 19.2 Å². The molecule has 0 aromatic carbocycles. The van der Waals surface area contributed by atoms with Crippen molar-refractivity contribution < 1.29 is 8.32 Å². The van der Waals surface area contributed by atoms with Crippen molar-refractivity contribution in [3.05, 3.63) is 0 Å². The first-order valence-corrected chi connectivity index (χ1v) is 8.22. The molecule has 0 bridgehead atoms. The van der Waals surface area contributed by atoms with E-state index in [4.69, 9.17) is 0 Å². The molecule has 1 unspecified atom stereocenters. The largest absolute Gasteiger partial charge is 0.314 e. The first kappa shape index (κ1) is 10.3. The van der Waals surface area contributed by atoms with Crippen LogP contribution in [0.2, 0.25) is 19.1 Å². The van der Waals surface area contributed by atoms with Gasteiger partial charge in [0, 0.05) is 22.8 Å². The third-order valence-electron chi connectivity index (χ3n) is 1.20. The minimum atomic E-state index is -2.36. The van der Waals surface area contributed by atoms with E-state index in [1.54, 1.807) is 19.3 Å². The molecule has 0 aliphatic heterocycles. The Balaban J connectivity index is 3.29. The predicted molar refractivity (Wildman–Crippen MR) is 46.9 cm³/mol. The van der Waals surface area contributed by atoms with Gasteiger partial charge in [-0.05, 0) is 25.6 Å². The van der Waals surface area contributed by atoms with Crippen LogP contribution in [0.5, 0.6) is 0 Å². The summed E-state index contributed by atoms with van der Waals surface area (Å²) in [6, 6.07) is 0.645. The van der Waals surface area contributed by atoms with E-state index in [1.807, 2.05) is 0 Å². The lowest BCUT2D eigenvalue weighted by molar-refractivity contribution is 0.684. The molecule has 1 nitrogen and oxygen atoms in total. The first-order valence-electron chi connectivity index (χ1n) is 3.41. The summed E-state index contributed by atoms with van der Waals surface area (Å²) in [5.41, 5.74) is 0. The molecule has 0 amide bonds. The van der Waals surface area contributed by atoms with Gasteiger partial charge in [-0.15, -0.1) is 0 Å². The van der Waals surface area contributed by atoms with E-state index in [-0.39, 0.29) is 0 Å². The minimum absolute atomic E-state index is 0.645. The Morgan fingerprint density at radius 2 is 2.00 bits per heavy atom. The molecule has 0 aromatic rings. The Morgan fingerprint density at radius 1 is 1.50 bits per heavy atom. The molecule has 0 radical (unpaired) electrons. The van der Waals surface area contributed by atoms with Crippen molar-refractivity contribution in [1.29, 1.82) is 0 Å². The van der Waals surface area contributed by atoms with Gasteiger partial charge >= 0.3 is 0 Å². The molecule has 1 atom stereocenters. The molecule has 0 N–H and O–H groups in total. The van der Waals surface area contributed by atoms with Crippen LogP contribution < -0.4 is 0 Å². The average molecular weight is 182 g/mol. The lowest BCUT2D eigenvalue weighted by Crippen LogP contribution is -2.18. The van der Waals surface area contributed by atoms with Crippen LogP contribution in [0.15, 0.2) is 0 Å². The maximum atomic E-state index is 12.9. The van der Waals surface area contributed by atoms with Crippen LogP contribution in [0.1, 0.15) is 6.42 Å². The van der Waals surface area contributed by atoms with Gasteiger partial charge in [-0.3, -0.25) is 4.21 Å². The summed E-state index contributed by atoms with van der Waals surface area (Å²) in [6.07, 6.45) is 2.44. The van der Waals surface area contributed by atoms with Crippen LogP contribution in [0.3, 0.4) is 0 Å². The van der Waals surface area contributed by atoms with E-state index >= 15 is 0 Å². The molecule has 0 saturated heterocycles. The Bertz CT molecular complexity index is 121. The van der Waals surface area contributed by atoms with Gasteiger partial charge in [-0.25, -0.2) is 0 Å². The summed E-state index contributed by atoms with van der Waals surface area (Å²) in [5.74, 6) is 0.653. The van der Waals surface area contributed by atoms with E-state index < -0.39 is 19.2 Å². The average Bonchev–Trinajstić information content (AvgIpc) is 1.59. The zero-order chi connectivity index (χ0) is 8.20. The summed E-state index contributed by atoms with van der Waals surface area (Å²) >= 11 is 0. The van der Waals surface area contributed by atoms with Crippen molar-refractivity contribution in [3.63, 3.8) is 0 Å². The third kappa shape index (κ3) is 8.30. The molecule has 0 heterocycles. The van der Waals surface area contributed by atoms with Gasteiger partial charge in [0.05, 0.1) is 0 Å². The maximum Gasteiger partial charge on any atom is 0.241 e. The molecule has 4 heteroatoms. The fraction of sp³-hybridized carbons (Fsp3) is 1.00. The fourth-order valence-corrected chi connectivity index (χ4v) is 2.52. The molecule has 0 saturated carbocycles. The van der Waals surface area contributed by atoms with E-state index in [2.05, 4.69) is 0 Å². The molecular formula is C6H15FOSSi. The summed E-state index contributed by atoms with van der Waals surface area (Å²) < 4.78 is 23.4. The maximum absolute atomic E-state index is 12.9. The SMILES string of the molecule is CS(=O)CCC[Si](C)(C)F. The minimum Gasteiger partial charge on any atom is -0.314 e. The third-order valence-corrected chi connectivity index (χ3v) is 3.61. The highest BCUT2D eigenvalue weighted by Gasteiger charge is 2.18. The van der Waals surface area contributed by atoms with E-state index in [1.165, 1.54) is 0 Å². The second-order valence-electron chi connectivity index (χ2n) is 3.10. The quantitative estimate of drug-likeness (QED) is 0.479. The molecule has 10 heavy (non-hydrogen) atoms. The normalized spacial score (nSPS) is 15.2. The monoisotopic (exact) mass is 182 g/mol. The lowest BCUT2D eigenvalue weighted by atomic mass is 10.6. The van der Waals surface area contributed by atoms with Crippen LogP contribution in [0.4, 0.5) is 4.11 Å². The summed E-state index contributed by atoms with van der Waals surface area (Å²) in [5, 5.41) is 0. The molecule has 0 rings (SSSR count). The summed E-state index contributed by atoms with van der Waals surface area (Å²) in [7, 11) is -3.10. The molecule has 62 valence electrons. The Morgan fingerprint density at radius 3 is 2.30 bits per heavy atom. The van der Waals surface area contributed by atoms with Gasteiger partial charge in [0.1, 0.15) is 0 Å². The Labute approximate surface area is 65.7 Å². The second kappa shape index (κ2) is 4.23. The molecule has 0 aliphatic carbocycles. The van der Waals surface area contributed by atoms with Crippen LogP contribution in [-0.2, 0) is 10.8 Å². The fourth-order valence-electron chi connectivity index (χ4n) is 0.696. The van der Waals surface area contributed by atoms with E-state index in [9.17, 15) is 8.32 Å². The van der Waals surface area contributed by atoms with Crippen molar-refractivity contribution in [3.8, 4) is 0 Å². The zero-order valence-electron chi connectivity index (χ0n) is 6.82. The molecule has 0 aliphatic rings. The highest BCUT2D eigenvalue weighted by molar-refractivity contribution is 7.84. The smallest absolute Gasteiger partial charge is 0.241 e. The van der Waals surface area contributed by atoms with Crippen molar-refractivity contribution in [1.82, 2.24) is 0 Å². The highest BCUT2D eigenvalue weighted by Crippen LogP contribution is 2.12. The summed E-state index contributed by atoms with van der Waals surface area (Å²) in [4.78, 5) is 0. The molecule has 0 spiro atoms. The topological polar surface area (TPSA) is 17.1 Å². The van der Waals surface area contributed by atoms with Crippen molar-refractivity contribution in [2.45, 2.75) is 25.6 Å². The van der Waals surface area contributed by atoms with Gasteiger partial charge in [-0.1, -0.05) is 0 Å². The zero-order valence-corrected chi connectivity index (χ0v) is 8.63. The van der Waals surface area contributed by atoms with Crippen LogP contribution in [-0.4, -0.2) is 24.6 Å². The number of rotatable bonds is 4. The van der Waals surface area contributed by atoms with Crippen molar-refractivity contribution in [2.75, 3.05) is 12.0 Å². The van der Waals surface area contributed by atoms with Crippen LogP contribution >= 0.6 is 0 Å². The van der Waals surface area contributed by atoms with E-state index in [0.29, 0.717) is 11.8 Å². The lowest BCUT2D eigenvalue weighted by Gasteiger charge is -2.08. The molecule has 0 aromatic heterocycles. The van der Waals surface area contributed by atoms with Gasteiger partial charge in [0.15, 0.2) is 0 Å². The number of hydrogen-bond donors (Lipinski definition) is 0. The molecular weight excluding hydrogens is 167 g/mol. The first-order chi connectivity index (χ1) is 4.42. The predicted octanol–water partition coefficient (Wildman–Crippen LogP) is 1.93. The highest BCUT2D eigenvalue weighted by atomic mass is 32.2. The van der Waals surface area contributed by atoms with Gasteiger partial charge in [0.2, 0.25) is 8.41 Å². The van der Waals surface area contributed by atoms with Crippen LogP contribution in [0, 0.1) is 0 Å². The standard InChI is InChI=1S/C6H15FOSSi/c1-9(8)5-4-6-10(2,3)7/h4-6H2,1-3H3. The second-order valence-corrected chi connectivity index (χ2v) is 8.59. The number of hydrogen-bond acceptors (Lipinski definition) is 1. The Hall–Kier alpha value is 0.297. The molecule has 0 fully saturated rings. The van der Waals surface area contributed by atoms with Gasteiger partial charge < -0.3 is 4.11 Å². The summed E-state index contributed by atoms with van der Waals surface area (Å²) in [6.45, 7) is 3.37. The van der Waals surface area contributed by atoms with Gasteiger partial charge in [0.25, 0.3) is 0 Å². The van der Waals surface area contributed by atoms with Gasteiger partial charge in [-0.2, -0.15) is 0 Å². The van der Waals surface area contributed by atoms with E-state index in [0.717, 1.165) is 6.42 Å². The number of halogens is 1. The Kier molecular flexibility index (Phi) is 4.36. The van der Waals surface area contributed by atoms with Crippen LogP contribution in [0.25, 0.3) is 0 Å².